The van der Waals surface area contributed by atoms with Crippen LogP contribution in [0.25, 0.3) is 11.1 Å². The first-order valence-corrected chi connectivity index (χ1v) is 12.8. The van der Waals surface area contributed by atoms with Crippen molar-refractivity contribution < 1.29 is 14.7 Å². The van der Waals surface area contributed by atoms with Gasteiger partial charge in [-0.25, -0.2) is 14.5 Å². The predicted molar refractivity (Wildman–Crippen MR) is 137 cm³/mol. The third-order valence-electron chi connectivity index (χ3n) is 6.90. The molecule has 6 heteroatoms. The number of aryl methyl sites for hydroxylation is 1. The van der Waals surface area contributed by atoms with Crippen LogP contribution in [0.4, 0.5) is 0 Å². The number of rotatable bonds is 10. The fourth-order valence-corrected chi connectivity index (χ4v) is 4.85. The van der Waals surface area contributed by atoms with Gasteiger partial charge >= 0.3 is 5.97 Å². The molecule has 3 aromatic rings. The van der Waals surface area contributed by atoms with E-state index >= 15 is 0 Å². The van der Waals surface area contributed by atoms with Crippen LogP contribution in [0.3, 0.4) is 0 Å². The third-order valence-corrected chi connectivity index (χ3v) is 6.90. The topological polar surface area (TPSA) is 85.1 Å². The summed E-state index contributed by atoms with van der Waals surface area (Å²) < 4.78 is 1.87. The normalized spacial score (nSPS) is 14.4. The lowest BCUT2D eigenvalue weighted by Gasteiger charge is -2.19. The summed E-state index contributed by atoms with van der Waals surface area (Å²) in [5, 5.41) is 14.1. The molecule has 0 bridgehead atoms. The van der Waals surface area contributed by atoms with Crippen molar-refractivity contribution in [2.24, 2.45) is 11.8 Å². The second kappa shape index (κ2) is 11.4. The molecule has 0 saturated heterocycles. The van der Waals surface area contributed by atoms with E-state index in [2.05, 4.69) is 23.9 Å². The minimum absolute atomic E-state index is 0.0575. The Morgan fingerprint density at radius 2 is 1.74 bits per heavy atom. The summed E-state index contributed by atoms with van der Waals surface area (Å²) in [5.74, 6) is 1.32. The van der Waals surface area contributed by atoms with Gasteiger partial charge in [-0.05, 0) is 41.0 Å². The summed E-state index contributed by atoms with van der Waals surface area (Å²) in [5.41, 5.74) is 2.87. The van der Waals surface area contributed by atoms with Crippen LogP contribution in [0.15, 0.2) is 48.5 Å². The maximum absolute atomic E-state index is 13.0. The van der Waals surface area contributed by atoms with Crippen LogP contribution < -0.4 is 0 Å². The summed E-state index contributed by atoms with van der Waals surface area (Å²) in [6.45, 7) is 4.89. The van der Waals surface area contributed by atoms with Crippen molar-refractivity contribution in [2.75, 3.05) is 0 Å². The smallest absolute Gasteiger partial charge is 0.336 e. The quantitative estimate of drug-likeness (QED) is 0.343. The summed E-state index contributed by atoms with van der Waals surface area (Å²) in [7, 11) is 0. The number of carboxylic acid groups (broad SMARTS) is 1. The van der Waals surface area contributed by atoms with Gasteiger partial charge in [-0.15, -0.1) is 5.10 Å². The Balaban J connectivity index is 1.53. The number of hydrogen-bond donors (Lipinski definition) is 1. The summed E-state index contributed by atoms with van der Waals surface area (Å²) in [4.78, 5) is 29.2. The van der Waals surface area contributed by atoms with E-state index in [0.29, 0.717) is 36.2 Å². The lowest BCUT2D eigenvalue weighted by molar-refractivity contribution is 0.0697. The molecular formula is C29H35N3O3. The Bertz CT molecular complexity index is 1160. The lowest BCUT2D eigenvalue weighted by Crippen LogP contribution is -2.13. The molecule has 0 aliphatic heterocycles. The molecule has 1 heterocycles. The number of carbonyl (C=O) groups is 2. The van der Waals surface area contributed by atoms with Gasteiger partial charge < -0.3 is 5.11 Å². The van der Waals surface area contributed by atoms with E-state index < -0.39 is 5.97 Å². The van der Waals surface area contributed by atoms with Gasteiger partial charge in [0.1, 0.15) is 5.82 Å². The van der Waals surface area contributed by atoms with Gasteiger partial charge in [0.05, 0.1) is 12.1 Å². The van der Waals surface area contributed by atoms with Gasteiger partial charge in [-0.3, -0.25) is 4.79 Å². The van der Waals surface area contributed by atoms with Crippen LogP contribution in [-0.2, 0) is 13.0 Å². The average Bonchev–Trinajstić information content (AvgIpc) is 3.26. The van der Waals surface area contributed by atoms with Crippen molar-refractivity contribution in [1.82, 2.24) is 14.8 Å². The molecule has 1 aliphatic carbocycles. The molecule has 1 saturated carbocycles. The van der Waals surface area contributed by atoms with Crippen molar-refractivity contribution >= 4 is 11.8 Å². The number of Topliss-reactive ketones (excluding diaryl/α,β-unsaturated/α-hetero) is 1. The van der Waals surface area contributed by atoms with Crippen molar-refractivity contribution in [1.29, 1.82) is 0 Å². The molecule has 0 amide bonds. The summed E-state index contributed by atoms with van der Waals surface area (Å²) in [6.07, 6.45) is 8.28. The molecule has 35 heavy (non-hydrogen) atoms. The van der Waals surface area contributed by atoms with Crippen LogP contribution in [0.1, 0.15) is 91.2 Å². The van der Waals surface area contributed by atoms with Crippen molar-refractivity contribution in [3.05, 3.63) is 71.3 Å². The Labute approximate surface area is 207 Å². The highest BCUT2D eigenvalue weighted by Gasteiger charge is 2.22. The van der Waals surface area contributed by atoms with E-state index in [0.717, 1.165) is 42.6 Å². The summed E-state index contributed by atoms with van der Waals surface area (Å²) >= 11 is 0. The van der Waals surface area contributed by atoms with Crippen LogP contribution in [0, 0.1) is 11.8 Å². The van der Waals surface area contributed by atoms with E-state index in [9.17, 15) is 14.7 Å². The molecule has 0 spiro atoms. The molecule has 2 aromatic carbocycles. The zero-order valence-corrected chi connectivity index (χ0v) is 20.7. The predicted octanol–water partition coefficient (Wildman–Crippen LogP) is 6.43. The zero-order chi connectivity index (χ0) is 24.8. The van der Waals surface area contributed by atoms with Gasteiger partial charge in [-0.1, -0.05) is 88.4 Å². The molecule has 1 aliphatic rings. The van der Waals surface area contributed by atoms with Crippen molar-refractivity contribution in [3.8, 4) is 11.1 Å². The van der Waals surface area contributed by atoms with Gasteiger partial charge in [-0.2, -0.15) is 0 Å². The van der Waals surface area contributed by atoms with Gasteiger partial charge in [0.25, 0.3) is 0 Å². The van der Waals surface area contributed by atoms with Gasteiger partial charge in [0.2, 0.25) is 11.6 Å². The Kier molecular flexibility index (Phi) is 8.11. The van der Waals surface area contributed by atoms with E-state index in [-0.39, 0.29) is 11.3 Å². The van der Waals surface area contributed by atoms with E-state index in [1.54, 1.807) is 12.1 Å². The van der Waals surface area contributed by atoms with E-state index in [1.807, 2.05) is 41.1 Å². The first-order chi connectivity index (χ1) is 16.9. The molecule has 1 aromatic heterocycles. The molecule has 6 nitrogen and oxygen atoms in total. The molecular weight excluding hydrogens is 438 g/mol. The van der Waals surface area contributed by atoms with Gasteiger partial charge in [0, 0.05) is 12.8 Å². The molecule has 1 fully saturated rings. The highest BCUT2D eigenvalue weighted by molar-refractivity contribution is 5.96. The van der Waals surface area contributed by atoms with Gasteiger partial charge in [0.15, 0.2) is 0 Å². The number of carbonyl (C=O) groups excluding carboxylic acids is 1. The molecule has 0 radical (unpaired) electrons. The highest BCUT2D eigenvalue weighted by Crippen LogP contribution is 2.28. The van der Waals surface area contributed by atoms with Crippen molar-refractivity contribution in [3.63, 3.8) is 0 Å². The number of benzene rings is 2. The Morgan fingerprint density at radius 3 is 2.43 bits per heavy atom. The largest absolute Gasteiger partial charge is 0.478 e. The Morgan fingerprint density at radius 1 is 1.03 bits per heavy atom. The number of aromatic carboxylic acids is 1. The fraction of sp³-hybridized carbons (Fsp3) is 0.448. The van der Waals surface area contributed by atoms with Crippen LogP contribution in [0.5, 0.6) is 0 Å². The van der Waals surface area contributed by atoms with Crippen LogP contribution in [-0.4, -0.2) is 31.6 Å². The first kappa shape index (κ1) is 24.8. The maximum atomic E-state index is 13.0. The first-order valence-electron chi connectivity index (χ1n) is 12.8. The highest BCUT2D eigenvalue weighted by atomic mass is 16.4. The minimum Gasteiger partial charge on any atom is -0.478 e. The number of nitrogens with zero attached hydrogens (tertiary/aromatic N) is 3. The van der Waals surface area contributed by atoms with Crippen molar-refractivity contribution in [2.45, 2.75) is 71.8 Å². The molecule has 184 valence electrons. The molecule has 0 unspecified atom stereocenters. The minimum atomic E-state index is -0.937. The lowest BCUT2D eigenvalue weighted by atomic mass is 9.86. The van der Waals surface area contributed by atoms with Crippen LogP contribution in [0.2, 0.25) is 0 Å². The number of aromatic nitrogens is 3. The number of hydrogen-bond acceptors (Lipinski definition) is 4. The fourth-order valence-electron chi connectivity index (χ4n) is 4.85. The second-order valence-electron chi connectivity index (χ2n) is 10.1. The molecule has 0 atom stereocenters. The average molecular weight is 474 g/mol. The second-order valence-corrected chi connectivity index (χ2v) is 10.1. The zero-order valence-electron chi connectivity index (χ0n) is 20.7. The number of ketones is 1. The van der Waals surface area contributed by atoms with E-state index in [1.165, 1.54) is 19.3 Å². The monoisotopic (exact) mass is 473 g/mol. The van der Waals surface area contributed by atoms with E-state index in [4.69, 9.17) is 0 Å². The maximum Gasteiger partial charge on any atom is 0.336 e. The Hall–Kier alpha value is -3.28. The third kappa shape index (κ3) is 6.44. The standard InChI is InChI=1S/C29H35N3O3/c1-20(2)12-17-27-30-28(26(33)18-21-8-4-3-5-9-21)31-32(27)19-22-13-15-23(16-14-22)24-10-6-7-11-25(24)29(34)35/h6-7,10-11,13-16,20-21H,3-5,8-9,12,17-19H2,1-2H3,(H,34,35). The molecule has 1 N–H and O–H groups in total. The number of carboxylic acids is 1. The SMILES string of the molecule is CC(C)CCc1nc(C(=O)CC2CCCCC2)nn1Cc1ccc(-c2ccccc2C(=O)O)cc1. The molecule has 4 rings (SSSR count). The summed E-state index contributed by atoms with van der Waals surface area (Å²) in [6, 6.07) is 14.9. The van der Waals surface area contributed by atoms with Crippen LogP contribution >= 0.6 is 0 Å².